The highest BCUT2D eigenvalue weighted by Crippen LogP contribution is 2.43. The van der Waals surface area contributed by atoms with Crippen molar-refractivity contribution in [2.24, 2.45) is 4.99 Å². The zero-order valence-electron chi connectivity index (χ0n) is 13.5. The van der Waals surface area contributed by atoms with Crippen LogP contribution in [0.25, 0.3) is 0 Å². The number of hydrogen-bond acceptors (Lipinski definition) is 4. The number of benzene rings is 1. The van der Waals surface area contributed by atoms with Crippen molar-refractivity contribution in [2.45, 2.75) is 31.1 Å². The highest BCUT2D eigenvalue weighted by molar-refractivity contribution is 8.16. The molecule has 24 heavy (non-hydrogen) atoms. The number of carbonyl (C=O) groups excluding carboxylic acids is 1. The number of amides is 1. The summed E-state index contributed by atoms with van der Waals surface area (Å²) in [4.78, 5) is 17.8. The Morgan fingerprint density at radius 3 is 2.75 bits per heavy atom. The summed E-state index contributed by atoms with van der Waals surface area (Å²) in [7, 11) is -3.07. The van der Waals surface area contributed by atoms with Crippen LogP contribution in [0.5, 0.6) is 0 Å². The third-order valence-corrected chi connectivity index (χ3v) is 7.66. The Morgan fingerprint density at radius 2 is 2.08 bits per heavy atom. The molecule has 0 aliphatic carbocycles. The molecule has 0 saturated carbocycles. The topological polar surface area (TPSA) is 66.8 Å². The molecular weight excluding hydrogens is 368 g/mol. The maximum absolute atomic E-state index is 12.1. The lowest BCUT2D eigenvalue weighted by Gasteiger charge is -2.28. The molecule has 3 rings (SSSR count). The smallest absolute Gasteiger partial charge is 0.262 e. The van der Waals surface area contributed by atoms with E-state index in [1.54, 1.807) is 0 Å². The zero-order chi connectivity index (χ0) is 17.5. The lowest BCUT2D eigenvalue weighted by molar-refractivity contribution is -0.115. The first-order valence-electron chi connectivity index (χ1n) is 7.75. The van der Waals surface area contributed by atoms with Gasteiger partial charge in [-0.1, -0.05) is 43.8 Å². The average Bonchev–Trinajstić information content (AvgIpc) is 2.97. The zero-order valence-corrected chi connectivity index (χ0v) is 15.9. The number of alkyl halides is 1. The summed E-state index contributed by atoms with van der Waals surface area (Å²) in [5.74, 6) is -0.110. The van der Waals surface area contributed by atoms with Crippen LogP contribution in [0.4, 0.5) is 5.69 Å². The molecule has 0 bridgehead atoms. The van der Waals surface area contributed by atoms with E-state index in [1.807, 2.05) is 29.2 Å². The van der Waals surface area contributed by atoms with Crippen molar-refractivity contribution >= 4 is 50.0 Å². The number of fused-ring (bicyclic) bond motifs is 1. The van der Waals surface area contributed by atoms with Gasteiger partial charge >= 0.3 is 0 Å². The SMILES string of the molecule is CC(C)c1ccccc1N1C(=NC(=O)CCl)S[C@@H]2CS(=O)(=O)C[C@H]21. The quantitative estimate of drug-likeness (QED) is 0.747. The Morgan fingerprint density at radius 1 is 1.38 bits per heavy atom. The van der Waals surface area contributed by atoms with Crippen molar-refractivity contribution in [1.82, 2.24) is 0 Å². The van der Waals surface area contributed by atoms with E-state index < -0.39 is 15.7 Å². The van der Waals surface area contributed by atoms with Crippen LogP contribution in [-0.2, 0) is 14.6 Å². The summed E-state index contributed by atoms with van der Waals surface area (Å²) in [5, 5.41) is 0.454. The molecule has 2 aliphatic rings. The van der Waals surface area contributed by atoms with Crippen LogP contribution in [0, 0.1) is 0 Å². The highest BCUT2D eigenvalue weighted by Gasteiger charge is 2.49. The van der Waals surface area contributed by atoms with E-state index in [4.69, 9.17) is 11.6 Å². The molecule has 2 saturated heterocycles. The molecule has 2 fully saturated rings. The van der Waals surface area contributed by atoms with Gasteiger partial charge in [0.2, 0.25) is 0 Å². The highest BCUT2D eigenvalue weighted by atomic mass is 35.5. The standard InChI is InChI=1S/C16H19ClN2O3S2/c1-10(2)11-5-3-4-6-12(11)19-13-8-24(21,22)9-14(13)23-16(19)18-15(20)7-17/h3-6,10,13-14H,7-9H2,1-2H3/t13-,14-/m1/s1. The molecule has 130 valence electrons. The summed E-state index contributed by atoms with van der Waals surface area (Å²) >= 11 is 6.96. The summed E-state index contributed by atoms with van der Waals surface area (Å²) in [6.45, 7) is 4.18. The van der Waals surface area contributed by atoms with E-state index in [1.165, 1.54) is 11.8 Å². The monoisotopic (exact) mass is 386 g/mol. The molecule has 2 atom stereocenters. The van der Waals surface area contributed by atoms with Gasteiger partial charge in [-0.2, -0.15) is 4.99 Å². The number of para-hydroxylation sites is 1. The largest absolute Gasteiger partial charge is 0.315 e. The van der Waals surface area contributed by atoms with E-state index in [2.05, 4.69) is 18.8 Å². The first-order valence-corrected chi connectivity index (χ1v) is 11.0. The predicted molar refractivity (Wildman–Crippen MR) is 100.0 cm³/mol. The summed E-state index contributed by atoms with van der Waals surface area (Å²) < 4.78 is 24.1. The van der Waals surface area contributed by atoms with Crippen LogP contribution in [0.15, 0.2) is 29.3 Å². The normalized spacial score (nSPS) is 27.0. The van der Waals surface area contributed by atoms with Crippen LogP contribution >= 0.6 is 23.4 Å². The van der Waals surface area contributed by atoms with Crippen molar-refractivity contribution in [2.75, 3.05) is 22.3 Å². The third-order valence-electron chi connectivity index (χ3n) is 4.22. The second kappa shape index (κ2) is 6.69. The molecule has 1 amide bonds. The van der Waals surface area contributed by atoms with Gasteiger partial charge in [0.05, 0.1) is 17.5 Å². The van der Waals surface area contributed by atoms with Crippen molar-refractivity contribution in [1.29, 1.82) is 0 Å². The minimum atomic E-state index is -3.07. The Kier molecular flexibility index (Phi) is 4.95. The van der Waals surface area contributed by atoms with E-state index in [9.17, 15) is 13.2 Å². The predicted octanol–water partition coefficient (Wildman–Crippen LogP) is 2.65. The van der Waals surface area contributed by atoms with Gasteiger partial charge in [0, 0.05) is 10.9 Å². The fourth-order valence-corrected chi connectivity index (χ4v) is 7.16. The van der Waals surface area contributed by atoms with Gasteiger partial charge in [-0.05, 0) is 17.5 Å². The van der Waals surface area contributed by atoms with Crippen LogP contribution in [0.1, 0.15) is 25.3 Å². The fraction of sp³-hybridized carbons (Fsp3) is 0.500. The van der Waals surface area contributed by atoms with E-state index >= 15 is 0 Å². The molecule has 0 aromatic heterocycles. The van der Waals surface area contributed by atoms with E-state index in [-0.39, 0.29) is 34.6 Å². The molecular formula is C16H19ClN2O3S2. The number of nitrogens with zero attached hydrogens (tertiary/aromatic N) is 2. The number of rotatable bonds is 3. The molecule has 2 heterocycles. The number of sulfone groups is 1. The number of carbonyl (C=O) groups is 1. The van der Waals surface area contributed by atoms with Crippen LogP contribution < -0.4 is 4.90 Å². The van der Waals surface area contributed by atoms with Crippen LogP contribution in [0.2, 0.25) is 0 Å². The lowest BCUT2D eigenvalue weighted by atomic mass is 9.99. The van der Waals surface area contributed by atoms with Gasteiger partial charge in [-0.15, -0.1) is 11.6 Å². The van der Waals surface area contributed by atoms with Crippen LogP contribution in [-0.4, -0.2) is 48.2 Å². The number of anilines is 1. The first kappa shape index (κ1) is 17.8. The minimum Gasteiger partial charge on any atom is -0.315 e. The Bertz CT molecular complexity index is 792. The van der Waals surface area contributed by atoms with E-state index in [0.29, 0.717) is 5.17 Å². The van der Waals surface area contributed by atoms with Crippen molar-refractivity contribution in [3.63, 3.8) is 0 Å². The van der Waals surface area contributed by atoms with Crippen molar-refractivity contribution in [3.05, 3.63) is 29.8 Å². The number of thioether (sulfide) groups is 1. The molecule has 0 spiro atoms. The lowest BCUT2D eigenvalue weighted by Crippen LogP contribution is -2.38. The second-order valence-corrected chi connectivity index (χ2v) is 9.93. The molecule has 1 aromatic rings. The van der Waals surface area contributed by atoms with Gasteiger partial charge in [-0.25, -0.2) is 8.42 Å². The molecule has 0 radical (unpaired) electrons. The van der Waals surface area contributed by atoms with Gasteiger partial charge in [-0.3, -0.25) is 4.79 Å². The van der Waals surface area contributed by atoms with Gasteiger partial charge in [0.15, 0.2) is 15.0 Å². The van der Waals surface area contributed by atoms with Crippen molar-refractivity contribution < 1.29 is 13.2 Å². The first-order chi connectivity index (χ1) is 11.3. The summed E-state index contributed by atoms with van der Waals surface area (Å²) in [5.41, 5.74) is 2.03. The summed E-state index contributed by atoms with van der Waals surface area (Å²) in [6, 6.07) is 7.68. The molecule has 5 nitrogen and oxygen atoms in total. The molecule has 0 N–H and O–H groups in total. The van der Waals surface area contributed by atoms with Crippen LogP contribution in [0.3, 0.4) is 0 Å². The minimum absolute atomic E-state index is 0.0885. The third kappa shape index (κ3) is 3.34. The van der Waals surface area contributed by atoms with Gasteiger partial charge in [0.1, 0.15) is 5.88 Å². The van der Waals surface area contributed by atoms with E-state index in [0.717, 1.165) is 11.3 Å². The van der Waals surface area contributed by atoms with Crippen molar-refractivity contribution in [3.8, 4) is 0 Å². The Labute approximate surface area is 151 Å². The fourth-order valence-electron chi connectivity index (χ4n) is 3.18. The maximum Gasteiger partial charge on any atom is 0.262 e. The second-order valence-electron chi connectivity index (χ2n) is 6.31. The Balaban J connectivity index is 2.09. The average molecular weight is 387 g/mol. The number of aliphatic imine (C=N–C) groups is 1. The summed E-state index contributed by atoms with van der Waals surface area (Å²) in [6.07, 6.45) is 0. The Hall–Kier alpha value is -1.05. The van der Waals surface area contributed by atoms with Gasteiger partial charge in [0.25, 0.3) is 5.91 Å². The molecule has 2 aliphatic heterocycles. The number of hydrogen-bond donors (Lipinski definition) is 0. The number of amidine groups is 1. The molecule has 8 heteroatoms. The maximum atomic E-state index is 12.1. The number of halogens is 1. The van der Waals surface area contributed by atoms with Gasteiger partial charge < -0.3 is 4.90 Å². The molecule has 1 aromatic carbocycles. The molecule has 0 unspecified atom stereocenters.